The number of nitrogens with zero attached hydrogens (tertiary/aromatic N) is 1. The van der Waals surface area contributed by atoms with Crippen molar-refractivity contribution in [2.45, 2.75) is 33.4 Å². The second-order valence-corrected chi connectivity index (χ2v) is 4.81. The van der Waals surface area contributed by atoms with Gasteiger partial charge in [0.15, 0.2) is 0 Å². The van der Waals surface area contributed by atoms with Crippen LogP contribution >= 0.6 is 0 Å². The van der Waals surface area contributed by atoms with Crippen LogP contribution < -0.4 is 5.32 Å². The molecule has 0 amide bonds. The van der Waals surface area contributed by atoms with Gasteiger partial charge in [-0.15, -0.1) is 0 Å². The Balaban J connectivity index is 1.91. The van der Waals surface area contributed by atoms with E-state index in [0.29, 0.717) is 13.1 Å². The smallest absolute Gasteiger partial charge is 0.138 e. The first-order valence-electron chi connectivity index (χ1n) is 6.45. The molecule has 2 N–H and O–H groups in total. The molecule has 0 aliphatic heterocycles. The molecule has 4 nitrogen and oxygen atoms in total. The van der Waals surface area contributed by atoms with Crippen molar-refractivity contribution in [2.24, 2.45) is 0 Å². The minimum absolute atomic E-state index is 0.498. The molecule has 0 aliphatic carbocycles. The summed E-state index contributed by atoms with van der Waals surface area (Å²) in [6.07, 6.45) is -0.498. The van der Waals surface area contributed by atoms with Gasteiger partial charge in [0.25, 0.3) is 0 Å². The summed E-state index contributed by atoms with van der Waals surface area (Å²) in [5.41, 5.74) is 4.04. The number of hydrogen-bond donors (Lipinski definition) is 2. The van der Waals surface area contributed by atoms with Crippen molar-refractivity contribution in [1.29, 1.82) is 0 Å². The first kappa shape index (κ1) is 13.8. The maximum Gasteiger partial charge on any atom is 0.138 e. The van der Waals surface area contributed by atoms with Gasteiger partial charge in [0.2, 0.25) is 0 Å². The minimum atomic E-state index is -0.498. The van der Waals surface area contributed by atoms with E-state index in [0.717, 1.165) is 28.1 Å². The van der Waals surface area contributed by atoms with Gasteiger partial charge < -0.3 is 14.9 Å². The maximum atomic E-state index is 10.2. The Morgan fingerprint density at radius 1 is 1.26 bits per heavy atom. The Labute approximate surface area is 113 Å². The normalized spacial score (nSPS) is 12.6. The van der Waals surface area contributed by atoms with Gasteiger partial charge in [0.05, 0.1) is 11.8 Å². The molecule has 0 saturated heterocycles. The molecule has 4 heteroatoms. The highest BCUT2D eigenvalue weighted by Crippen LogP contribution is 2.17. The van der Waals surface area contributed by atoms with Crippen molar-refractivity contribution < 1.29 is 9.63 Å². The molecule has 0 spiro atoms. The number of hydrogen-bond acceptors (Lipinski definition) is 4. The highest BCUT2D eigenvalue weighted by Gasteiger charge is 2.12. The lowest BCUT2D eigenvalue weighted by atomic mass is 10.0. The SMILES string of the molecule is Cc1ccccc1C(O)CNCc1c(C)noc1C. The molecule has 0 bridgehead atoms. The topological polar surface area (TPSA) is 58.3 Å². The summed E-state index contributed by atoms with van der Waals surface area (Å²) < 4.78 is 5.10. The van der Waals surface area contributed by atoms with Gasteiger partial charge in [-0.2, -0.15) is 0 Å². The minimum Gasteiger partial charge on any atom is -0.387 e. The molecule has 0 fully saturated rings. The number of aromatic nitrogens is 1. The molecule has 0 radical (unpaired) electrons. The molecule has 1 aromatic carbocycles. The van der Waals surface area contributed by atoms with E-state index in [4.69, 9.17) is 4.52 Å². The van der Waals surface area contributed by atoms with Crippen LogP contribution in [-0.2, 0) is 6.54 Å². The van der Waals surface area contributed by atoms with E-state index >= 15 is 0 Å². The van der Waals surface area contributed by atoms with Crippen LogP contribution in [0.4, 0.5) is 0 Å². The van der Waals surface area contributed by atoms with E-state index in [-0.39, 0.29) is 0 Å². The highest BCUT2D eigenvalue weighted by atomic mass is 16.5. The summed E-state index contributed by atoms with van der Waals surface area (Å²) in [5.74, 6) is 0.829. The number of nitrogens with one attached hydrogen (secondary N) is 1. The summed E-state index contributed by atoms with van der Waals surface area (Å²) in [4.78, 5) is 0. The number of rotatable bonds is 5. The summed E-state index contributed by atoms with van der Waals surface area (Å²) in [6, 6.07) is 7.88. The zero-order valence-electron chi connectivity index (χ0n) is 11.6. The van der Waals surface area contributed by atoms with Crippen LogP contribution in [0.15, 0.2) is 28.8 Å². The molecule has 0 aliphatic rings. The summed E-state index contributed by atoms with van der Waals surface area (Å²) >= 11 is 0. The van der Waals surface area contributed by atoms with Crippen LogP contribution in [0.1, 0.15) is 34.2 Å². The van der Waals surface area contributed by atoms with E-state index in [2.05, 4.69) is 10.5 Å². The quantitative estimate of drug-likeness (QED) is 0.867. The van der Waals surface area contributed by atoms with E-state index in [1.165, 1.54) is 0 Å². The first-order valence-corrected chi connectivity index (χ1v) is 6.45. The summed E-state index contributed by atoms with van der Waals surface area (Å²) in [6.45, 7) is 6.99. The van der Waals surface area contributed by atoms with Crippen molar-refractivity contribution in [1.82, 2.24) is 10.5 Å². The van der Waals surface area contributed by atoms with Crippen LogP contribution in [0.5, 0.6) is 0 Å². The monoisotopic (exact) mass is 260 g/mol. The van der Waals surface area contributed by atoms with Gasteiger partial charge in [-0.25, -0.2) is 0 Å². The highest BCUT2D eigenvalue weighted by molar-refractivity contribution is 5.28. The molecule has 1 aromatic heterocycles. The van der Waals surface area contributed by atoms with E-state index in [1.807, 2.05) is 45.0 Å². The average molecular weight is 260 g/mol. The third-order valence-electron chi connectivity index (χ3n) is 3.37. The van der Waals surface area contributed by atoms with Gasteiger partial charge >= 0.3 is 0 Å². The van der Waals surface area contributed by atoms with Crippen LogP contribution in [-0.4, -0.2) is 16.8 Å². The van der Waals surface area contributed by atoms with Crippen molar-refractivity contribution >= 4 is 0 Å². The van der Waals surface area contributed by atoms with Crippen LogP contribution in [0.3, 0.4) is 0 Å². The molecule has 2 aromatic rings. The van der Waals surface area contributed by atoms with Crippen molar-refractivity contribution in [2.75, 3.05) is 6.54 Å². The second kappa shape index (κ2) is 5.99. The Hall–Kier alpha value is -1.65. The molecule has 1 atom stereocenters. The van der Waals surface area contributed by atoms with Gasteiger partial charge in [0, 0.05) is 18.7 Å². The number of aryl methyl sites for hydroxylation is 3. The predicted molar refractivity (Wildman–Crippen MR) is 73.8 cm³/mol. The fraction of sp³-hybridized carbons (Fsp3) is 0.400. The van der Waals surface area contributed by atoms with Gasteiger partial charge in [0.1, 0.15) is 5.76 Å². The third-order valence-corrected chi connectivity index (χ3v) is 3.37. The number of aliphatic hydroxyl groups excluding tert-OH is 1. The Bertz CT molecular complexity index is 529. The van der Waals surface area contributed by atoms with Gasteiger partial charge in [-0.3, -0.25) is 0 Å². The largest absolute Gasteiger partial charge is 0.387 e. The second-order valence-electron chi connectivity index (χ2n) is 4.81. The molecular weight excluding hydrogens is 240 g/mol. The van der Waals surface area contributed by atoms with Crippen molar-refractivity contribution in [3.63, 3.8) is 0 Å². The Morgan fingerprint density at radius 2 is 2.00 bits per heavy atom. The van der Waals surface area contributed by atoms with E-state index < -0.39 is 6.10 Å². The lowest BCUT2D eigenvalue weighted by Crippen LogP contribution is -2.22. The van der Waals surface area contributed by atoms with E-state index in [1.54, 1.807) is 0 Å². The molecule has 102 valence electrons. The first-order chi connectivity index (χ1) is 9.09. The third kappa shape index (κ3) is 3.22. The lowest BCUT2D eigenvalue weighted by Gasteiger charge is -2.14. The number of benzene rings is 1. The molecular formula is C15H20N2O2. The molecule has 0 saturated carbocycles. The fourth-order valence-electron chi connectivity index (χ4n) is 2.16. The van der Waals surface area contributed by atoms with E-state index in [9.17, 15) is 5.11 Å². The maximum absolute atomic E-state index is 10.2. The Morgan fingerprint density at radius 3 is 2.63 bits per heavy atom. The fourth-order valence-corrected chi connectivity index (χ4v) is 2.16. The van der Waals surface area contributed by atoms with Crippen LogP contribution in [0.25, 0.3) is 0 Å². The molecule has 19 heavy (non-hydrogen) atoms. The van der Waals surface area contributed by atoms with Crippen LogP contribution in [0.2, 0.25) is 0 Å². The standard InChI is InChI=1S/C15H20N2O2/c1-10-6-4-5-7-13(10)15(18)9-16-8-14-11(2)17-19-12(14)3/h4-7,15-16,18H,8-9H2,1-3H3. The zero-order chi connectivity index (χ0) is 13.8. The average Bonchev–Trinajstić information content (AvgIpc) is 2.70. The van der Waals surface area contributed by atoms with Crippen molar-refractivity contribution in [3.05, 3.63) is 52.4 Å². The van der Waals surface area contributed by atoms with Crippen LogP contribution in [0, 0.1) is 20.8 Å². The lowest BCUT2D eigenvalue weighted by molar-refractivity contribution is 0.173. The summed E-state index contributed by atoms with van der Waals surface area (Å²) in [5, 5.41) is 17.3. The van der Waals surface area contributed by atoms with Gasteiger partial charge in [-0.05, 0) is 31.9 Å². The molecule has 2 rings (SSSR count). The zero-order valence-corrected chi connectivity index (χ0v) is 11.6. The predicted octanol–water partition coefficient (Wildman–Crippen LogP) is 2.42. The summed E-state index contributed by atoms with van der Waals surface area (Å²) in [7, 11) is 0. The molecule has 1 unspecified atom stereocenters. The molecule has 1 heterocycles. The van der Waals surface area contributed by atoms with Gasteiger partial charge in [-0.1, -0.05) is 29.4 Å². The Kier molecular flexibility index (Phi) is 4.35. The number of aliphatic hydroxyl groups is 1. The van der Waals surface area contributed by atoms with Crippen molar-refractivity contribution in [3.8, 4) is 0 Å².